The van der Waals surface area contributed by atoms with Gasteiger partial charge >= 0.3 is 5.97 Å². The molecule has 4 fully saturated rings. The molecule has 1 spiro atoms. The summed E-state index contributed by atoms with van der Waals surface area (Å²) in [6.45, 7) is 8.32. The number of ether oxygens (including phenoxy) is 1. The topological polar surface area (TPSA) is 63.6 Å². The highest BCUT2D eigenvalue weighted by Gasteiger charge is 2.70. The normalized spacial score (nSPS) is 51.7. The first-order valence-electron chi connectivity index (χ1n) is 9.71. The van der Waals surface area contributed by atoms with Crippen molar-refractivity contribution in [1.29, 1.82) is 0 Å². The number of ketones is 1. The van der Waals surface area contributed by atoms with Gasteiger partial charge in [0.1, 0.15) is 0 Å². The number of carbonyl (C=O) groups is 2. The second-order valence-corrected chi connectivity index (χ2v) is 9.55. The molecule has 0 amide bonds. The largest absolute Gasteiger partial charge is 0.469 e. The second-order valence-electron chi connectivity index (χ2n) is 9.55. The van der Waals surface area contributed by atoms with Crippen LogP contribution in [0.1, 0.15) is 58.8 Å². The van der Waals surface area contributed by atoms with Crippen molar-refractivity contribution in [3.63, 3.8) is 0 Å². The number of Topliss-reactive ketones (excluding diaryl/α,β-unsaturated/α-hetero) is 1. The van der Waals surface area contributed by atoms with Gasteiger partial charge < -0.3 is 9.84 Å². The zero-order valence-corrected chi connectivity index (χ0v) is 15.6. The van der Waals surface area contributed by atoms with Crippen molar-refractivity contribution >= 4 is 11.8 Å². The molecule has 0 heterocycles. The maximum atomic E-state index is 13.2. The van der Waals surface area contributed by atoms with E-state index in [-0.39, 0.29) is 34.9 Å². The van der Waals surface area contributed by atoms with E-state index < -0.39 is 16.9 Å². The molecule has 0 aliphatic heterocycles. The molecule has 4 aliphatic rings. The number of esters is 1. The SMILES string of the molecule is C=C1C(=O)[C@@]23CC[C@H]4[C@@](C)(CCC[C@@]4(C)C(=O)OC)[C@@H]2[C@@H](O)C[C@@H]1C3. The predicted molar refractivity (Wildman–Crippen MR) is 93.6 cm³/mol. The third-order valence-corrected chi connectivity index (χ3v) is 8.57. The summed E-state index contributed by atoms with van der Waals surface area (Å²) in [5.41, 5.74) is -0.433. The van der Waals surface area contributed by atoms with Gasteiger partial charge in [-0.2, -0.15) is 0 Å². The lowest BCUT2D eigenvalue weighted by Crippen LogP contribution is -2.62. The van der Waals surface area contributed by atoms with Crippen LogP contribution in [0.25, 0.3) is 0 Å². The number of fused-ring (bicyclic) bond motifs is 3. The van der Waals surface area contributed by atoms with E-state index in [1.165, 1.54) is 7.11 Å². The fraction of sp³-hybridized carbons (Fsp3) is 0.810. The molecule has 25 heavy (non-hydrogen) atoms. The lowest BCUT2D eigenvalue weighted by atomic mass is 9.40. The van der Waals surface area contributed by atoms with Gasteiger partial charge in [-0.15, -0.1) is 0 Å². The van der Waals surface area contributed by atoms with E-state index >= 15 is 0 Å². The quantitative estimate of drug-likeness (QED) is 0.585. The van der Waals surface area contributed by atoms with Gasteiger partial charge in [-0.3, -0.25) is 9.59 Å². The Kier molecular flexibility index (Phi) is 3.58. The first-order valence-corrected chi connectivity index (χ1v) is 9.71. The number of hydrogen-bond acceptors (Lipinski definition) is 4. The molecule has 138 valence electrons. The molecular weight excluding hydrogens is 316 g/mol. The molecule has 0 unspecified atom stereocenters. The molecule has 4 rings (SSSR count). The summed E-state index contributed by atoms with van der Waals surface area (Å²) in [5.74, 6) is 0.305. The van der Waals surface area contributed by atoms with Gasteiger partial charge in [-0.25, -0.2) is 0 Å². The first-order chi connectivity index (χ1) is 11.7. The number of allylic oxidation sites excluding steroid dienone is 1. The molecular formula is C21H30O4. The maximum Gasteiger partial charge on any atom is 0.311 e. The highest BCUT2D eigenvalue weighted by atomic mass is 16.5. The van der Waals surface area contributed by atoms with Gasteiger partial charge in [0.15, 0.2) is 5.78 Å². The van der Waals surface area contributed by atoms with Crippen LogP contribution in [-0.2, 0) is 14.3 Å². The average Bonchev–Trinajstić information content (AvgIpc) is 2.75. The van der Waals surface area contributed by atoms with Crippen LogP contribution < -0.4 is 0 Å². The van der Waals surface area contributed by atoms with E-state index in [1.54, 1.807) is 0 Å². The van der Waals surface area contributed by atoms with Crippen molar-refractivity contribution < 1.29 is 19.4 Å². The van der Waals surface area contributed by atoms with Crippen LogP contribution >= 0.6 is 0 Å². The number of methoxy groups -OCH3 is 1. The van der Waals surface area contributed by atoms with Gasteiger partial charge in [0.25, 0.3) is 0 Å². The van der Waals surface area contributed by atoms with Gasteiger partial charge in [0.05, 0.1) is 18.6 Å². The molecule has 4 aliphatic carbocycles. The van der Waals surface area contributed by atoms with E-state index in [2.05, 4.69) is 13.5 Å². The number of aliphatic hydroxyl groups excluding tert-OH is 1. The van der Waals surface area contributed by atoms with Crippen molar-refractivity contribution in [2.75, 3.05) is 7.11 Å². The van der Waals surface area contributed by atoms with Gasteiger partial charge in [-0.1, -0.05) is 19.9 Å². The minimum atomic E-state index is -0.515. The Labute approximate surface area is 150 Å². The van der Waals surface area contributed by atoms with E-state index in [0.29, 0.717) is 6.42 Å². The van der Waals surface area contributed by atoms with E-state index in [1.807, 2.05) is 6.92 Å². The Morgan fingerprint density at radius 3 is 2.68 bits per heavy atom. The van der Waals surface area contributed by atoms with Crippen molar-refractivity contribution in [2.24, 2.45) is 34.0 Å². The Bertz CT molecular complexity index is 654. The van der Waals surface area contributed by atoms with Crippen molar-refractivity contribution in [1.82, 2.24) is 0 Å². The van der Waals surface area contributed by atoms with Crippen molar-refractivity contribution in [3.8, 4) is 0 Å². The second kappa shape index (κ2) is 5.18. The zero-order chi connectivity index (χ0) is 18.2. The summed E-state index contributed by atoms with van der Waals surface area (Å²) >= 11 is 0. The monoisotopic (exact) mass is 346 g/mol. The zero-order valence-electron chi connectivity index (χ0n) is 15.6. The standard InChI is InChI=1S/C21H30O4/c1-12-13-10-14(22)16-19(2)7-5-8-20(3,18(24)25-4)15(19)6-9-21(16,11-13)17(12)23/h13-16,22H,1,5-11H2,2-4H3/t13-,14+,15+,16+,19-,20-,21-/m1/s1. The molecule has 0 aromatic heterocycles. The molecule has 0 aromatic carbocycles. The Morgan fingerprint density at radius 2 is 2.00 bits per heavy atom. The van der Waals surface area contributed by atoms with Gasteiger partial charge in [-0.05, 0) is 68.3 Å². The van der Waals surface area contributed by atoms with Crippen LogP contribution in [0.3, 0.4) is 0 Å². The maximum absolute atomic E-state index is 13.2. The van der Waals surface area contributed by atoms with Crippen LogP contribution in [0.4, 0.5) is 0 Å². The molecule has 0 saturated heterocycles. The van der Waals surface area contributed by atoms with Crippen LogP contribution in [0, 0.1) is 34.0 Å². The molecule has 1 N–H and O–H groups in total. The molecule has 4 saturated carbocycles. The fourth-order valence-corrected chi connectivity index (χ4v) is 7.70. The predicted octanol–water partition coefficient (Wildman–Crippen LogP) is 3.28. The molecule has 0 radical (unpaired) electrons. The van der Waals surface area contributed by atoms with Crippen LogP contribution in [0.2, 0.25) is 0 Å². The number of rotatable bonds is 1. The average molecular weight is 346 g/mol. The summed E-state index contributed by atoms with van der Waals surface area (Å²) in [6.07, 6.45) is 5.40. The van der Waals surface area contributed by atoms with E-state index in [4.69, 9.17) is 4.74 Å². The Hall–Kier alpha value is -1.16. The summed E-state index contributed by atoms with van der Waals surface area (Å²) in [7, 11) is 1.47. The summed E-state index contributed by atoms with van der Waals surface area (Å²) in [4.78, 5) is 25.8. The lowest BCUT2D eigenvalue weighted by molar-refractivity contribution is -0.201. The van der Waals surface area contributed by atoms with E-state index in [0.717, 1.165) is 44.1 Å². The highest BCUT2D eigenvalue weighted by molar-refractivity contribution is 6.03. The smallest absolute Gasteiger partial charge is 0.311 e. The van der Waals surface area contributed by atoms with Crippen LogP contribution in [0.5, 0.6) is 0 Å². The summed E-state index contributed by atoms with van der Waals surface area (Å²) in [6, 6.07) is 0. The Balaban J connectivity index is 1.81. The molecule has 2 bridgehead atoms. The minimum absolute atomic E-state index is 0.0639. The van der Waals surface area contributed by atoms with Gasteiger partial charge in [0.2, 0.25) is 0 Å². The molecule has 4 nitrogen and oxygen atoms in total. The highest BCUT2D eigenvalue weighted by Crippen LogP contribution is 2.71. The summed E-state index contributed by atoms with van der Waals surface area (Å²) in [5, 5.41) is 11.1. The van der Waals surface area contributed by atoms with Crippen LogP contribution in [-0.4, -0.2) is 30.1 Å². The summed E-state index contributed by atoms with van der Waals surface area (Å²) < 4.78 is 5.16. The molecule has 7 atom stereocenters. The fourth-order valence-electron chi connectivity index (χ4n) is 7.70. The number of aliphatic hydroxyl groups is 1. The van der Waals surface area contributed by atoms with Gasteiger partial charge in [0, 0.05) is 11.3 Å². The number of hydrogen-bond donors (Lipinski definition) is 1. The minimum Gasteiger partial charge on any atom is -0.469 e. The van der Waals surface area contributed by atoms with Crippen molar-refractivity contribution in [2.45, 2.75) is 64.9 Å². The molecule has 4 heteroatoms. The lowest BCUT2D eigenvalue weighted by Gasteiger charge is -2.63. The number of carbonyl (C=O) groups excluding carboxylic acids is 2. The van der Waals surface area contributed by atoms with Crippen LogP contribution in [0.15, 0.2) is 12.2 Å². The third-order valence-electron chi connectivity index (χ3n) is 8.57. The molecule has 0 aromatic rings. The van der Waals surface area contributed by atoms with E-state index in [9.17, 15) is 14.7 Å². The first kappa shape index (κ1) is 17.3. The van der Waals surface area contributed by atoms with Crippen molar-refractivity contribution in [3.05, 3.63) is 12.2 Å². The Morgan fingerprint density at radius 1 is 1.28 bits per heavy atom. The third kappa shape index (κ3) is 1.92.